The van der Waals surface area contributed by atoms with Crippen molar-refractivity contribution in [2.45, 2.75) is 57.3 Å². The Labute approximate surface area is 162 Å². The van der Waals surface area contributed by atoms with Gasteiger partial charge in [-0.1, -0.05) is 48.2 Å². The van der Waals surface area contributed by atoms with Crippen molar-refractivity contribution in [3.8, 4) is 11.6 Å². The van der Waals surface area contributed by atoms with E-state index in [0.29, 0.717) is 25.0 Å². The molecular formula is C20H21ClN4O2. The lowest BCUT2D eigenvalue weighted by Crippen LogP contribution is -2.21. The van der Waals surface area contributed by atoms with E-state index >= 15 is 0 Å². The predicted octanol–water partition coefficient (Wildman–Crippen LogP) is 4.91. The van der Waals surface area contributed by atoms with Crippen molar-refractivity contribution in [1.82, 2.24) is 19.9 Å². The first-order valence-corrected chi connectivity index (χ1v) is 9.92. The van der Waals surface area contributed by atoms with Crippen molar-refractivity contribution in [1.29, 1.82) is 0 Å². The van der Waals surface area contributed by atoms with Gasteiger partial charge in [0.25, 0.3) is 5.89 Å². The van der Waals surface area contributed by atoms with Gasteiger partial charge in [-0.3, -0.25) is 4.68 Å². The molecule has 0 saturated heterocycles. The molecule has 0 unspecified atom stereocenters. The molecule has 27 heavy (non-hydrogen) atoms. The quantitative estimate of drug-likeness (QED) is 0.642. The number of aromatic nitrogens is 4. The van der Waals surface area contributed by atoms with Crippen LogP contribution in [0, 0.1) is 0 Å². The molecule has 1 atom stereocenters. The van der Waals surface area contributed by atoms with Crippen LogP contribution in [0.15, 0.2) is 34.9 Å². The maximum absolute atomic E-state index is 6.01. The zero-order valence-corrected chi connectivity index (χ0v) is 15.7. The summed E-state index contributed by atoms with van der Waals surface area (Å²) in [7, 11) is 0. The van der Waals surface area contributed by atoms with Crippen LogP contribution in [0.4, 0.5) is 0 Å². The first-order chi connectivity index (χ1) is 13.3. The lowest BCUT2D eigenvalue weighted by molar-refractivity contribution is -0.00112. The van der Waals surface area contributed by atoms with Crippen LogP contribution in [0.3, 0.4) is 0 Å². The first-order valence-electron chi connectivity index (χ1n) is 9.54. The number of benzene rings is 1. The molecule has 0 amide bonds. The Morgan fingerprint density at radius 2 is 1.89 bits per heavy atom. The molecule has 0 bridgehead atoms. The van der Waals surface area contributed by atoms with Gasteiger partial charge in [0.15, 0.2) is 11.5 Å². The van der Waals surface area contributed by atoms with Crippen molar-refractivity contribution in [3.63, 3.8) is 0 Å². The highest BCUT2D eigenvalue weighted by molar-refractivity contribution is 6.30. The number of hydrogen-bond donors (Lipinski definition) is 0. The lowest BCUT2D eigenvalue weighted by Gasteiger charge is -2.24. The molecule has 7 heteroatoms. The van der Waals surface area contributed by atoms with E-state index in [1.165, 1.54) is 19.3 Å². The third-order valence-electron chi connectivity index (χ3n) is 5.51. The largest absolute Gasteiger partial charge is 0.365 e. The van der Waals surface area contributed by atoms with Gasteiger partial charge in [-0.2, -0.15) is 10.1 Å². The van der Waals surface area contributed by atoms with E-state index in [9.17, 15) is 0 Å². The molecule has 2 aromatic heterocycles. The lowest BCUT2D eigenvalue weighted by atomic mass is 9.89. The van der Waals surface area contributed by atoms with E-state index in [4.69, 9.17) is 20.9 Å². The van der Waals surface area contributed by atoms with Crippen molar-refractivity contribution < 1.29 is 9.26 Å². The number of halogens is 1. The summed E-state index contributed by atoms with van der Waals surface area (Å²) in [6.07, 6.45) is 6.06. The van der Waals surface area contributed by atoms with Crippen molar-refractivity contribution in [2.75, 3.05) is 0 Å². The summed E-state index contributed by atoms with van der Waals surface area (Å²) >= 11 is 5.98. The summed E-state index contributed by atoms with van der Waals surface area (Å²) in [4.78, 5) is 4.63. The average molecular weight is 385 g/mol. The summed E-state index contributed by atoms with van der Waals surface area (Å²) in [5.41, 5.74) is 2.84. The van der Waals surface area contributed by atoms with Crippen LogP contribution in [0.1, 0.15) is 61.2 Å². The van der Waals surface area contributed by atoms with Crippen LogP contribution in [-0.4, -0.2) is 19.9 Å². The highest BCUT2D eigenvalue weighted by Crippen LogP contribution is 2.33. The molecule has 0 N–H and O–H groups in total. The third-order valence-corrected chi connectivity index (χ3v) is 5.76. The first kappa shape index (κ1) is 17.0. The highest BCUT2D eigenvalue weighted by Gasteiger charge is 2.26. The minimum absolute atomic E-state index is 0.0389. The standard InChI is InChI=1S/C20H21ClN4O2/c21-15-8-6-13(7-9-15)18-11-25-16(12-26-18)10-17(23-25)20-22-19(24-27-20)14-4-2-1-3-5-14/h6-10,14,18H,1-5,11-12H2/t18-/m0/s1. The fraction of sp³-hybridized carbons (Fsp3) is 0.450. The van der Waals surface area contributed by atoms with Crippen molar-refractivity contribution in [2.24, 2.45) is 0 Å². The van der Waals surface area contributed by atoms with Gasteiger partial charge < -0.3 is 9.26 Å². The Morgan fingerprint density at radius 3 is 2.70 bits per heavy atom. The molecule has 3 aromatic rings. The van der Waals surface area contributed by atoms with Crippen molar-refractivity contribution in [3.05, 3.63) is 52.4 Å². The van der Waals surface area contributed by atoms with Gasteiger partial charge in [-0.05, 0) is 36.6 Å². The maximum atomic E-state index is 6.01. The fourth-order valence-corrected chi connectivity index (χ4v) is 4.10. The van der Waals surface area contributed by atoms with E-state index in [2.05, 4.69) is 15.2 Å². The van der Waals surface area contributed by atoms with E-state index in [-0.39, 0.29) is 6.10 Å². The average Bonchev–Trinajstić information content (AvgIpc) is 3.36. The van der Waals surface area contributed by atoms with E-state index in [1.807, 2.05) is 35.0 Å². The predicted molar refractivity (Wildman–Crippen MR) is 100 cm³/mol. The highest BCUT2D eigenvalue weighted by atomic mass is 35.5. The monoisotopic (exact) mass is 384 g/mol. The van der Waals surface area contributed by atoms with E-state index in [0.717, 1.165) is 40.6 Å². The number of rotatable bonds is 3. The Bertz CT molecular complexity index is 928. The van der Waals surface area contributed by atoms with E-state index < -0.39 is 0 Å². The van der Waals surface area contributed by atoms with Gasteiger partial charge in [0.1, 0.15) is 6.10 Å². The topological polar surface area (TPSA) is 66.0 Å². The van der Waals surface area contributed by atoms with Gasteiger partial charge in [-0.25, -0.2) is 0 Å². The molecule has 140 valence electrons. The summed E-state index contributed by atoms with van der Waals surface area (Å²) in [6.45, 7) is 1.16. The maximum Gasteiger partial charge on any atom is 0.278 e. The molecule has 6 nitrogen and oxygen atoms in total. The molecule has 0 spiro atoms. The summed E-state index contributed by atoms with van der Waals surface area (Å²) < 4.78 is 13.5. The molecule has 1 aliphatic heterocycles. The molecular weight excluding hydrogens is 364 g/mol. The van der Waals surface area contributed by atoms with Crippen molar-refractivity contribution >= 4 is 11.6 Å². The van der Waals surface area contributed by atoms with Gasteiger partial charge in [0.2, 0.25) is 0 Å². The molecule has 2 aliphatic rings. The molecule has 1 aromatic carbocycles. The number of nitrogens with zero attached hydrogens (tertiary/aromatic N) is 4. The second-order valence-electron chi connectivity index (χ2n) is 7.35. The van der Waals surface area contributed by atoms with Gasteiger partial charge in [-0.15, -0.1) is 0 Å². The van der Waals surface area contributed by atoms with E-state index in [1.54, 1.807) is 0 Å². The molecule has 1 fully saturated rings. The zero-order valence-electron chi connectivity index (χ0n) is 15.0. The van der Waals surface area contributed by atoms with Crippen LogP contribution in [0.2, 0.25) is 5.02 Å². The third kappa shape index (κ3) is 3.39. The van der Waals surface area contributed by atoms with Gasteiger partial charge >= 0.3 is 0 Å². The summed E-state index contributed by atoms with van der Waals surface area (Å²) in [6, 6.07) is 9.75. The van der Waals surface area contributed by atoms with Crippen LogP contribution in [0.25, 0.3) is 11.6 Å². The SMILES string of the molecule is Clc1ccc([C@@H]2Cn3nc(-c4nc(C5CCCCC5)no4)cc3CO2)cc1. The second-order valence-corrected chi connectivity index (χ2v) is 7.78. The molecule has 5 rings (SSSR count). The smallest absolute Gasteiger partial charge is 0.278 e. The summed E-state index contributed by atoms with van der Waals surface area (Å²) in [5.74, 6) is 1.75. The Hall–Kier alpha value is -2.18. The number of fused-ring (bicyclic) bond motifs is 1. The molecule has 1 aliphatic carbocycles. The van der Waals surface area contributed by atoms with Crippen LogP contribution in [-0.2, 0) is 17.9 Å². The molecule has 1 saturated carbocycles. The minimum atomic E-state index is -0.0389. The van der Waals surface area contributed by atoms with Crippen LogP contribution in [0.5, 0.6) is 0 Å². The van der Waals surface area contributed by atoms with Gasteiger partial charge in [0.05, 0.1) is 18.8 Å². The van der Waals surface area contributed by atoms with Gasteiger partial charge in [0, 0.05) is 10.9 Å². The number of hydrogen-bond acceptors (Lipinski definition) is 5. The van der Waals surface area contributed by atoms with Crippen LogP contribution >= 0.6 is 11.6 Å². The Balaban J connectivity index is 1.35. The Kier molecular flexibility index (Phi) is 4.45. The van der Waals surface area contributed by atoms with Crippen LogP contribution < -0.4 is 0 Å². The molecule has 0 radical (unpaired) electrons. The number of ether oxygens (including phenoxy) is 1. The Morgan fingerprint density at radius 1 is 1.07 bits per heavy atom. The molecule has 3 heterocycles. The normalized spacial score (nSPS) is 20.6. The minimum Gasteiger partial charge on any atom is -0.365 e. The fourth-order valence-electron chi connectivity index (χ4n) is 3.97. The zero-order chi connectivity index (χ0) is 18.2. The summed E-state index contributed by atoms with van der Waals surface area (Å²) in [5, 5.41) is 9.63. The second kappa shape index (κ2) is 7.09.